The molecule has 0 aromatic rings. The Balaban J connectivity index is 0.000000414. The standard InChI is InChI=1S/C14H30O5Si.C13H28O4Si.C11H24O5Si/c1-6-17-20(18-7-2,19-8-3)10-9-13(15-5)14(4)11-16-12-14;1-6-16-18(5,17-7-2)9-8-12(14-4)13(3)10-15-11-13;1-11(8-16-9-11)10(12-2)6-7-17(13-3,14-4)15-5/h13H,6-12H2,1-5H3;12H,6-11H2,1-5H3;10H,6-9H2,1-5H3. The highest BCUT2D eigenvalue weighted by atomic mass is 28.4. The molecule has 3 fully saturated rings. The van der Waals surface area contributed by atoms with E-state index in [0.29, 0.717) is 19.8 Å². The Morgan fingerprint density at radius 1 is 0.436 bits per heavy atom. The minimum Gasteiger partial charge on any atom is -0.395 e. The maximum absolute atomic E-state index is 5.88. The first-order valence-electron chi connectivity index (χ1n) is 20.3. The Bertz CT molecular complexity index is 951. The van der Waals surface area contributed by atoms with Crippen LogP contribution in [-0.4, -0.2) is 160 Å². The Labute approximate surface area is 338 Å². The third-order valence-corrected chi connectivity index (χ3v) is 19.8. The molecule has 3 aliphatic rings. The van der Waals surface area contributed by atoms with Gasteiger partial charge in [-0.1, -0.05) is 20.8 Å². The summed E-state index contributed by atoms with van der Waals surface area (Å²) in [4.78, 5) is 0. The van der Waals surface area contributed by atoms with Crippen molar-refractivity contribution in [2.24, 2.45) is 16.2 Å². The van der Waals surface area contributed by atoms with Gasteiger partial charge in [-0.3, -0.25) is 0 Å². The molecule has 0 aromatic carbocycles. The summed E-state index contributed by atoms with van der Waals surface area (Å²) in [7, 11) is 3.13. The van der Waals surface area contributed by atoms with Crippen molar-refractivity contribution in [3.8, 4) is 0 Å². The normalized spacial score (nSPS) is 20.3. The lowest BCUT2D eigenvalue weighted by atomic mass is 9.81. The molecule has 0 aromatic heterocycles. The highest BCUT2D eigenvalue weighted by Gasteiger charge is 2.47. The van der Waals surface area contributed by atoms with Gasteiger partial charge < -0.3 is 63.8 Å². The highest BCUT2D eigenvalue weighted by molar-refractivity contribution is 6.66. The highest BCUT2D eigenvalue weighted by Crippen LogP contribution is 2.38. The molecule has 3 rings (SSSR count). The summed E-state index contributed by atoms with van der Waals surface area (Å²) in [5, 5.41) is 0. The zero-order chi connectivity index (χ0) is 41.7. The molecule has 0 spiro atoms. The molecule has 55 heavy (non-hydrogen) atoms. The smallest absolute Gasteiger partial charge is 0.395 e. The van der Waals surface area contributed by atoms with Crippen LogP contribution in [0.4, 0.5) is 0 Å². The molecule has 0 amide bonds. The van der Waals surface area contributed by atoms with Gasteiger partial charge in [0.1, 0.15) is 0 Å². The molecule has 330 valence electrons. The van der Waals surface area contributed by atoms with Gasteiger partial charge in [0.25, 0.3) is 0 Å². The van der Waals surface area contributed by atoms with Gasteiger partial charge >= 0.3 is 26.2 Å². The zero-order valence-corrected chi connectivity index (χ0v) is 40.5. The average molecular weight is 847 g/mol. The molecule has 0 saturated carbocycles. The number of hydrogen-bond donors (Lipinski definition) is 0. The number of ether oxygens (including phenoxy) is 6. The lowest BCUT2D eigenvalue weighted by molar-refractivity contribution is -0.171. The van der Waals surface area contributed by atoms with Gasteiger partial charge in [0.15, 0.2) is 0 Å². The summed E-state index contributed by atoms with van der Waals surface area (Å²) in [6.45, 7) is 26.7. The van der Waals surface area contributed by atoms with Gasteiger partial charge in [0.05, 0.1) is 58.0 Å². The van der Waals surface area contributed by atoms with Crippen LogP contribution in [0.15, 0.2) is 0 Å². The Kier molecular flexibility index (Phi) is 25.4. The van der Waals surface area contributed by atoms with Crippen LogP contribution in [0.5, 0.6) is 0 Å². The molecule has 0 N–H and O–H groups in total. The van der Waals surface area contributed by atoms with Crippen LogP contribution in [-0.2, 0) is 63.8 Å². The van der Waals surface area contributed by atoms with E-state index in [1.807, 2.05) is 34.6 Å². The number of hydrogen-bond acceptors (Lipinski definition) is 14. The lowest BCUT2D eigenvalue weighted by Crippen LogP contribution is -2.52. The van der Waals surface area contributed by atoms with Crippen LogP contribution in [0, 0.1) is 16.2 Å². The van der Waals surface area contributed by atoms with E-state index in [4.69, 9.17) is 63.8 Å². The molecule has 3 saturated heterocycles. The van der Waals surface area contributed by atoms with Gasteiger partial charge in [0.2, 0.25) is 0 Å². The first-order valence-corrected chi connectivity index (χ1v) is 26.7. The Morgan fingerprint density at radius 3 is 0.927 bits per heavy atom. The summed E-state index contributed by atoms with van der Waals surface area (Å²) in [6, 6.07) is 2.52. The van der Waals surface area contributed by atoms with Gasteiger partial charge in [-0.05, 0) is 66.5 Å². The molecule has 0 aliphatic carbocycles. The van der Waals surface area contributed by atoms with Crippen molar-refractivity contribution in [3.05, 3.63) is 0 Å². The quantitative estimate of drug-likeness (QED) is 0.0811. The summed E-state index contributed by atoms with van der Waals surface area (Å²) >= 11 is 0. The van der Waals surface area contributed by atoms with Gasteiger partial charge in [-0.2, -0.15) is 0 Å². The van der Waals surface area contributed by atoms with E-state index in [9.17, 15) is 0 Å². The molecule has 0 radical (unpaired) electrons. The van der Waals surface area contributed by atoms with Crippen LogP contribution in [0.3, 0.4) is 0 Å². The topological polar surface area (TPSA) is 129 Å². The third-order valence-electron chi connectivity index (χ3n) is 11.0. The van der Waals surface area contributed by atoms with Crippen LogP contribution >= 0.6 is 0 Å². The van der Waals surface area contributed by atoms with Gasteiger partial charge in [0, 0.05) is 104 Å². The first-order chi connectivity index (χ1) is 26.1. The van der Waals surface area contributed by atoms with E-state index in [2.05, 4.69) is 27.3 Å². The van der Waals surface area contributed by atoms with Crippen molar-refractivity contribution >= 4 is 26.2 Å². The number of rotatable bonds is 28. The van der Waals surface area contributed by atoms with E-state index in [1.54, 1.807) is 42.7 Å². The monoisotopic (exact) mass is 847 g/mol. The van der Waals surface area contributed by atoms with Crippen LogP contribution in [0.25, 0.3) is 0 Å². The third kappa shape index (κ3) is 16.2. The zero-order valence-electron chi connectivity index (χ0n) is 37.5. The van der Waals surface area contributed by atoms with E-state index < -0.39 is 26.2 Å². The summed E-state index contributed by atoms with van der Waals surface area (Å²) in [6.07, 6.45) is 3.27. The average Bonchev–Trinajstić information content (AvgIpc) is 3.13. The lowest BCUT2D eigenvalue weighted by Gasteiger charge is -2.44. The second kappa shape index (κ2) is 26.3. The van der Waals surface area contributed by atoms with Crippen LogP contribution in [0.2, 0.25) is 24.7 Å². The van der Waals surface area contributed by atoms with E-state index in [-0.39, 0.29) is 34.6 Å². The molecule has 0 bridgehead atoms. The van der Waals surface area contributed by atoms with E-state index in [1.165, 1.54) is 0 Å². The first kappa shape index (κ1) is 53.1. The van der Waals surface area contributed by atoms with E-state index in [0.717, 1.165) is 90.2 Å². The molecular formula is C38H82O14Si3. The largest absolute Gasteiger partial charge is 0.501 e. The van der Waals surface area contributed by atoms with Crippen LogP contribution < -0.4 is 0 Å². The summed E-state index contributed by atoms with van der Waals surface area (Å²) in [5.74, 6) is 0. The summed E-state index contributed by atoms with van der Waals surface area (Å²) < 4.78 is 78.3. The molecule has 14 nitrogen and oxygen atoms in total. The molecular weight excluding hydrogens is 765 g/mol. The SMILES string of the molecule is CCO[Si](C)(CCC(OC)C1(C)COC1)OCC.CCO[Si](CCC(OC)C1(C)COC1)(OCC)OCC.COC(CC[Si](OC)(OC)OC)C1(C)COC1. The molecule has 3 aliphatic heterocycles. The fourth-order valence-corrected chi connectivity index (χ4v) is 14.2. The minimum absolute atomic E-state index is 0.111. The fraction of sp³-hybridized carbons (Fsp3) is 1.00. The van der Waals surface area contributed by atoms with Crippen molar-refractivity contribution in [2.75, 3.05) is 115 Å². The number of methoxy groups -OCH3 is 3. The predicted octanol–water partition coefficient (Wildman–Crippen LogP) is 6.36. The van der Waals surface area contributed by atoms with Crippen molar-refractivity contribution in [2.45, 2.75) is 118 Å². The Hall–Kier alpha value is 0.0906. The Morgan fingerprint density at radius 2 is 0.709 bits per heavy atom. The van der Waals surface area contributed by atoms with Crippen molar-refractivity contribution < 1.29 is 63.8 Å². The van der Waals surface area contributed by atoms with E-state index >= 15 is 0 Å². The molecule has 17 heteroatoms. The molecule has 3 unspecified atom stereocenters. The van der Waals surface area contributed by atoms with Crippen molar-refractivity contribution in [1.29, 1.82) is 0 Å². The van der Waals surface area contributed by atoms with Crippen molar-refractivity contribution in [1.82, 2.24) is 0 Å². The van der Waals surface area contributed by atoms with Crippen LogP contribution in [0.1, 0.15) is 74.7 Å². The fourth-order valence-electron chi connectivity index (χ4n) is 7.45. The predicted molar refractivity (Wildman–Crippen MR) is 220 cm³/mol. The van der Waals surface area contributed by atoms with Crippen molar-refractivity contribution in [3.63, 3.8) is 0 Å². The van der Waals surface area contributed by atoms with Gasteiger partial charge in [-0.25, -0.2) is 0 Å². The second-order valence-corrected chi connectivity index (χ2v) is 24.7. The second-order valence-electron chi connectivity index (χ2n) is 15.5. The molecule has 3 heterocycles. The minimum atomic E-state index is -2.56. The van der Waals surface area contributed by atoms with Gasteiger partial charge in [-0.15, -0.1) is 0 Å². The maximum Gasteiger partial charge on any atom is 0.501 e. The summed E-state index contributed by atoms with van der Waals surface area (Å²) in [5.41, 5.74) is 0.395. The molecule has 3 atom stereocenters. The maximum atomic E-state index is 5.88.